The van der Waals surface area contributed by atoms with E-state index < -0.39 is 5.97 Å². The van der Waals surface area contributed by atoms with Crippen molar-refractivity contribution in [1.29, 1.82) is 0 Å². The number of carboxylic acid groups (broad SMARTS) is 1. The Morgan fingerprint density at radius 3 is 2.70 bits per heavy atom. The molecule has 1 saturated heterocycles. The summed E-state index contributed by atoms with van der Waals surface area (Å²) in [6.07, 6.45) is 2.17. The highest BCUT2D eigenvalue weighted by molar-refractivity contribution is 5.92. The molecule has 0 spiro atoms. The normalized spacial score (nSPS) is 17.7. The van der Waals surface area contributed by atoms with Gasteiger partial charge in [0.15, 0.2) is 0 Å². The number of piperidine rings is 1. The van der Waals surface area contributed by atoms with Crippen LogP contribution in [-0.2, 0) is 0 Å². The predicted octanol–water partition coefficient (Wildman–Crippen LogP) is 2.31. The summed E-state index contributed by atoms with van der Waals surface area (Å²) < 4.78 is 2.22. The summed E-state index contributed by atoms with van der Waals surface area (Å²) in [5.74, 6) is 0.0813. The van der Waals surface area contributed by atoms with Crippen molar-refractivity contribution in [2.75, 3.05) is 20.1 Å². The van der Waals surface area contributed by atoms with Gasteiger partial charge in [-0.2, -0.15) is 0 Å². The van der Waals surface area contributed by atoms with Crippen molar-refractivity contribution in [2.45, 2.75) is 25.8 Å². The highest BCUT2D eigenvalue weighted by Gasteiger charge is 2.22. The molecule has 1 fully saturated rings. The number of aromatic nitrogens is 2. The second kappa shape index (κ2) is 4.90. The van der Waals surface area contributed by atoms with E-state index in [0.29, 0.717) is 11.6 Å². The third-order valence-corrected chi connectivity index (χ3v) is 4.17. The maximum atomic E-state index is 11.1. The molecule has 5 heteroatoms. The number of aryl methyl sites for hydroxylation is 1. The summed E-state index contributed by atoms with van der Waals surface area (Å²) in [4.78, 5) is 18.0. The minimum atomic E-state index is -0.888. The van der Waals surface area contributed by atoms with Gasteiger partial charge in [-0.25, -0.2) is 9.78 Å². The summed E-state index contributed by atoms with van der Waals surface area (Å²) in [7, 11) is 2.14. The molecule has 0 bridgehead atoms. The van der Waals surface area contributed by atoms with Gasteiger partial charge in [0.1, 0.15) is 5.82 Å². The second-order valence-electron chi connectivity index (χ2n) is 5.57. The van der Waals surface area contributed by atoms with E-state index in [1.807, 2.05) is 6.92 Å². The average Bonchev–Trinajstić information content (AvgIpc) is 2.75. The van der Waals surface area contributed by atoms with E-state index in [2.05, 4.69) is 21.5 Å². The quantitative estimate of drug-likeness (QED) is 0.912. The molecule has 1 N–H and O–H groups in total. The minimum absolute atomic E-state index is 0.326. The molecule has 0 radical (unpaired) electrons. The Kier molecular flexibility index (Phi) is 3.22. The molecule has 2 heterocycles. The Bertz CT molecular complexity index is 654. The van der Waals surface area contributed by atoms with Crippen LogP contribution in [0.25, 0.3) is 11.0 Å². The van der Waals surface area contributed by atoms with Crippen LogP contribution in [0, 0.1) is 6.92 Å². The Labute approximate surface area is 117 Å². The maximum absolute atomic E-state index is 11.1. The van der Waals surface area contributed by atoms with Crippen molar-refractivity contribution in [3.63, 3.8) is 0 Å². The molecule has 106 valence electrons. The van der Waals surface area contributed by atoms with Gasteiger partial charge in [-0.1, -0.05) is 0 Å². The number of carboxylic acids is 1. The van der Waals surface area contributed by atoms with Crippen LogP contribution < -0.4 is 0 Å². The molecular formula is C15H19N3O2. The molecular weight excluding hydrogens is 254 g/mol. The molecule has 5 nitrogen and oxygen atoms in total. The van der Waals surface area contributed by atoms with Gasteiger partial charge >= 0.3 is 5.97 Å². The zero-order chi connectivity index (χ0) is 14.3. The van der Waals surface area contributed by atoms with Crippen LogP contribution in [0.3, 0.4) is 0 Å². The molecule has 20 heavy (non-hydrogen) atoms. The van der Waals surface area contributed by atoms with Gasteiger partial charge in [0.2, 0.25) is 0 Å². The summed E-state index contributed by atoms with van der Waals surface area (Å²) in [5.41, 5.74) is 2.15. The highest BCUT2D eigenvalue weighted by atomic mass is 16.4. The highest BCUT2D eigenvalue weighted by Crippen LogP contribution is 2.28. The molecule has 2 aromatic rings. The van der Waals surface area contributed by atoms with Gasteiger partial charge in [0.05, 0.1) is 16.6 Å². The van der Waals surface area contributed by atoms with Gasteiger partial charge in [0, 0.05) is 6.04 Å². The van der Waals surface area contributed by atoms with E-state index in [0.717, 1.165) is 42.8 Å². The molecule has 1 aromatic carbocycles. The van der Waals surface area contributed by atoms with Crippen molar-refractivity contribution in [3.05, 3.63) is 29.6 Å². The van der Waals surface area contributed by atoms with Crippen molar-refractivity contribution < 1.29 is 9.90 Å². The summed E-state index contributed by atoms with van der Waals surface area (Å²) in [6.45, 7) is 4.14. The molecule has 1 aliphatic heterocycles. The maximum Gasteiger partial charge on any atom is 0.335 e. The number of hydrogen-bond acceptors (Lipinski definition) is 3. The molecule has 0 atom stereocenters. The van der Waals surface area contributed by atoms with Crippen molar-refractivity contribution in [2.24, 2.45) is 0 Å². The Morgan fingerprint density at radius 2 is 2.05 bits per heavy atom. The predicted molar refractivity (Wildman–Crippen MR) is 77.2 cm³/mol. The largest absolute Gasteiger partial charge is 0.478 e. The van der Waals surface area contributed by atoms with Gasteiger partial charge in [-0.05, 0) is 58.1 Å². The topological polar surface area (TPSA) is 58.4 Å². The van der Waals surface area contributed by atoms with E-state index in [1.54, 1.807) is 18.2 Å². The number of nitrogens with zero attached hydrogens (tertiary/aromatic N) is 3. The Hall–Kier alpha value is -1.88. The zero-order valence-corrected chi connectivity index (χ0v) is 11.8. The average molecular weight is 273 g/mol. The van der Waals surface area contributed by atoms with Crippen LogP contribution in [0.4, 0.5) is 0 Å². The number of imidazole rings is 1. The van der Waals surface area contributed by atoms with Gasteiger partial charge in [0.25, 0.3) is 0 Å². The first-order valence-corrected chi connectivity index (χ1v) is 6.96. The smallest absolute Gasteiger partial charge is 0.335 e. The number of fused-ring (bicyclic) bond motifs is 1. The second-order valence-corrected chi connectivity index (χ2v) is 5.57. The Balaban J connectivity index is 2.06. The van der Waals surface area contributed by atoms with Gasteiger partial charge < -0.3 is 14.6 Å². The van der Waals surface area contributed by atoms with Gasteiger partial charge in [-0.15, -0.1) is 0 Å². The van der Waals surface area contributed by atoms with Crippen molar-refractivity contribution in [1.82, 2.24) is 14.5 Å². The lowest BCUT2D eigenvalue weighted by Gasteiger charge is -2.30. The van der Waals surface area contributed by atoms with Crippen LogP contribution in [0.15, 0.2) is 18.2 Å². The fraction of sp³-hybridized carbons (Fsp3) is 0.467. The molecule has 3 rings (SSSR count). The van der Waals surface area contributed by atoms with Crippen LogP contribution in [-0.4, -0.2) is 45.7 Å². The van der Waals surface area contributed by atoms with E-state index >= 15 is 0 Å². The lowest BCUT2D eigenvalue weighted by atomic mass is 10.0. The van der Waals surface area contributed by atoms with Gasteiger partial charge in [-0.3, -0.25) is 0 Å². The number of hydrogen-bond donors (Lipinski definition) is 1. The van der Waals surface area contributed by atoms with Crippen molar-refractivity contribution >= 4 is 17.0 Å². The first-order valence-electron chi connectivity index (χ1n) is 6.96. The number of benzene rings is 1. The van der Waals surface area contributed by atoms with Crippen LogP contribution in [0.5, 0.6) is 0 Å². The first-order chi connectivity index (χ1) is 9.56. The summed E-state index contributed by atoms with van der Waals surface area (Å²) >= 11 is 0. The SMILES string of the molecule is Cc1nc2ccc(C(=O)O)cc2n1C1CCN(C)CC1. The van der Waals surface area contributed by atoms with Crippen LogP contribution >= 0.6 is 0 Å². The lowest BCUT2D eigenvalue weighted by Crippen LogP contribution is -2.31. The molecule has 0 unspecified atom stereocenters. The van der Waals surface area contributed by atoms with E-state index in [-0.39, 0.29) is 0 Å². The fourth-order valence-electron chi connectivity index (χ4n) is 3.06. The molecule has 0 aliphatic carbocycles. The fourth-order valence-corrected chi connectivity index (χ4v) is 3.06. The Morgan fingerprint density at radius 1 is 1.35 bits per heavy atom. The third-order valence-electron chi connectivity index (χ3n) is 4.17. The molecule has 0 amide bonds. The van der Waals surface area contributed by atoms with E-state index in [1.165, 1.54) is 0 Å². The van der Waals surface area contributed by atoms with Crippen molar-refractivity contribution in [3.8, 4) is 0 Å². The van der Waals surface area contributed by atoms with E-state index in [4.69, 9.17) is 5.11 Å². The number of likely N-dealkylation sites (tertiary alicyclic amines) is 1. The standard InChI is InChI=1S/C15H19N3O2/c1-10-16-13-4-3-11(15(19)20)9-14(13)18(10)12-5-7-17(2)8-6-12/h3-4,9,12H,5-8H2,1-2H3,(H,19,20). The first kappa shape index (κ1) is 13.1. The number of aromatic carboxylic acids is 1. The van der Waals surface area contributed by atoms with Crippen LogP contribution in [0.1, 0.15) is 35.1 Å². The van der Waals surface area contributed by atoms with Crippen LogP contribution in [0.2, 0.25) is 0 Å². The molecule has 1 aliphatic rings. The monoisotopic (exact) mass is 273 g/mol. The number of rotatable bonds is 2. The lowest BCUT2D eigenvalue weighted by molar-refractivity contribution is 0.0697. The number of carbonyl (C=O) groups is 1. The zero-order valence-electron chi connectivity index (χ0n) is 11.8. The summed E-state index contributed by atoms with van der Waals surface area (Å²) in [6, 6.07) is 5.59. The minimum Gasteiger partial charge on any atom is -0.478 e. The molecule has 1 aromatic heterocycles. The van der Waals surface area contributed by atoms with E-state index in [9.17, 15) is 4.79 Å². The third kappa shape index (κ3) is 2.18. The summed E-state index contributed by atoms with van der Waals surface area (Å²) in [5, 5.41) is 9.15. The molecule has 0 saturated carbocycles.